The number of hydrogen-bond donors (Lipinski definition) is 4. The largest absolute Gasteiger partial charge is 0.508 e. The molecule has 1 aliphatic carbocycles. The number of nitrogens with zero attached hydrogens (tertiary/aromatic N) is 1. The first-order valence-corrected chi connectivity index (χ1v) is 19.4. The first-order valence-electron chi connectivity index (χ1n) is 18.6. The zero-order chi connectivity index (χ0) is 44.4. The fourth-order valence-corrected chi connectivity index (χ4v) is 7.83. The van der Waals surface area contributed by atoms with Gasteiger partial charge < -0.3 is 34.9 Å². The topological polar surface area (TPSA) is 193 Å². The molecule has 0 bridgehead atoms. The summed E-state index contributed by atoms with van der Waals surface area (Å²) in [4.78, 5) is 69.8. The van der Waals surface area contributed by atoms with Crippen molar-refractivity contribution in [3.8, 4) is 39.7 Å². The highest BCUT2D eigenvalue weighted by Crippen LogP contribution is 2.44. The highest BCUT2D eigenvalue weighted by molar-refractivity contribution is 6.40. The molecular weight excluding hydrogens is 837 g/mol. The molecule has 2 heterocycles. The van der Waals surface area contributed by atoms with E-state index < -0.39 is 17.8 Å². The second kappa shape index (κ2) is 17.5. The third-order valence-electron chi connectivity index (χ3n) is 10.0. The standard InChI is InChI=1S/C46H33Cl2N3O8.CO2/c1-23-4-12-31-35(18-23)58-36-19-26(51(2)3)9-13-32(36)40(31)41-34(47)22-33(43(48)42(41)46(56)57)45(55)50-17-16-49-44(54)25-7-5-24(6-8-25)39-29-14-10-27(52)20-37(29)59-38-21-28(53)11-15-30(38)39;2-1-3/h4-15,18-22,52H,1,16-17H2,2-3H3,(H,49,54)(H,50,55)(H,56,57);. The number of fused-ring (bicyclic) bond motifs is 4. The van der Waals surface area contributed by atoms with Crippen molar-refractivity contribution in [1.29, 1.82) is 0 Å². The van der Waals surface area contributed by atoms with Crippen LogP contribution in [0.4, 0.5) is 5.69 Å². The SMILES string of the molecule is C=c1ccc2c(c1)Oc1cc(N(C)C)ccc1C=2c1c(Cl)cc(C(=O)NCCNC(=O)c2ccc(-c3c4ccc(=O)cc-4oc4cc(O)ccc34)cc2)c(Cl)c1C(=O)O.O=C=O. The molecule has 8 rings (SSSR count). The van der Waals surface area contributed by atoms with Gasteiger partial charge >= 0.3 is 12.1 Å². The summed E-state index contributed by atoms with van der Waals surface area (Å²) in [5, 5.41) is 27.7. The number of amides is 2. The number of anilines is 1. The molecule has 0 atom stereocenters. The van der Waals surface area contributed by atoms with E-state index in [9.17, 15) is 29.4 Å². The van der Waals surface area contributed by atoms with Gasteiger partial charge in [0.1, 0.15) is 28.6 Å². The van der Waals surface area contributed by atoms with Gasteiger partial charge in [0.15, 0.2) is 5.43 Å². The first kappa shape index (κ1) is 42.4. The number of phenolic OH excluding ortho intramolecular Hbond substituents is 1. The van der Waals surface area contributed by atoms with Crippen molar-refractivity contribution in [3.63, 3.8) is 0 Å². The van der Waals surface area contributed by atoms with Crippen molar-refractivity contribution in [3.05, 3.63) is 162 Å². The van der Waals surface area contributed by atoms with E-state index in [0.29, 0.717) is 60.9 Å². The van der Waals surface area contributed by atoms with Crippen molar-refractivity contribution in [2.75, 3.05) is 32.1 Å². The maximum Gasteiger partial charge on any atom is 0.373 e. The number of carboxylic acids is 1. The van der Waals surface area contributed by atoms with Gasteiger partial charge in [0, 0.05) is 95.1 Å². The summed E-state index contributed by atoms with van der Waals surface area (Å²) in [5.41, 5.74) is 4.24. The summed E-state index contributed by atoms with van der Waals surface area (Å²) in [6, 6.07) is 28.3. The van der Waals surface area contributed by atoms with Gasteiger partial charge in [-0.1, -0.05) is 54.0 Å². The molecule has 2 amide bonds. The summed E-state index contributed by atoms with van der Waals surface area (Å²) in [7, 11) is 3.78. The van der Waals surface area contributed by atoms with Crippen molar-refractivity contribution in [1.82, 2.24) is 10.6 Å². The number of aromatic carboxylic acids is 1. The van der Waals surface area contributed by atoms with E-state index >= 15 is 0 Å². The van der Waals surface area contributed by atoms with Crippen LogP contribution in [0, 0.1) is 0 Å². The summed E-state index contributed by atoms with van der Waals surface area (Å²) in [6.45, 7) is 4.02. The van der Waals surface area contributed by atoms with Crippen LogP contribution in [0.25, 0.3) is 45.6 Å². The van der Waals surface area contributed by atoms with Crippen LogP contribution in [-0.4, -0.2) is 61.3 Å². The Balaban J connectivity index is 0.00000187. The third kappa shape index (κ3) is 8.23. The number of carbonyl (C=O) groups is 3. The second-order valence-electron chi connectivity index (χ2n) is 14.1. The van der Waals surface area contributed by atoms with Crippen LogP contribution in [0.15, 0.2) is 112 Å². The van der Waals surface area contributed by atoms with E-state index in [1.54, 1.807) is 60.7 Å². The Hall–Kier alpha value is -7.70. The van der Waals surface area contributed by atoms with Crippen molar-refractivity contribution < 1.29 is 43.3 Å². The van der Waals surface area contributed by atoms with Crippen LogP contribution in [0.5, 0.6) is 17.2 Å². The molecule has 5 aromatic rings. The van der Waals surface area contributed by atoms with Gasteiger partial charge in [-0.3, -0.25) is 14.4 Å². The lowest BCUT2D eigenvalue weighted by Crippen LogP contribution is -2.35. The number of rotatable bonds is 9. The van der Waals surface area contributed by atoms with E-state index in [2.05, 4.69) is 17.2 Å². The minimum atomic E-state index is -1.39. The minimum Gasteiger partial charge on any atom is -0.508 e. The molecule has 13 nitrogen and oxygen atoms in total. The normalized spacial score (nSPS) is 11.3. The first-order chi connectivity index (χ1) is 29.7. The van der Waals surface area contributed by atoms with Crippen LogP contribution >= 0.6 is 23.2 Å². The van der Waals surface area contributed by atoms with Crippen LogP contribution in [0.1, 0.15) is 42.2 Å². The monoisotopic (exact) mass is 869 g/mol. The van der Waals surface area contributed by atoms with E-state index in [-0.39, 0.29) is 57.2 Å². The molecule has 310 valence electrons. The Bertz CT molecular complexity index is 3160. The van der Waals surface area contributed by atoms with Crippen molar-refractivity contribution >= 4 is 75.9 Å². The Labute approximate surface area is 362 Å². The summed E-state index contributed by atoms with van der Waals surface area (Å²) >= 11 is 13.7. The second-order valence-corrected chi connectivity index (χ2v) is 14.9. The molecule has 4 N–H and O–H groups in total. The van der Waals surface area contributed by atoms with E-state index in [1.807, 2.05) is 37.2 Å². The number of phenols is 1. The zero-order valence-corrected chi connectivity index (χ0v) is 34.3. The highest BCUT2D eigenvalue weighted by atomic mass is 35.5. The lowest BCUT2D eigenvalue weighted by molar-refractivity contribution is -0.191. The molecule has 0 fully saturated rings. The number of ether oxygens (including phenoxy) is 1. The quantitative estimate of drug-likeness (QED) is 0.0894. The maximum atomic E-state index is 13.5. The van der Waals surface area contributed by atoms with E-state index in [4.69, 9.17) is 41.9 Å². The summed E-state index contributed by atoms with van der Waals surface area (Å²) in [6.07, 6.45) is 0.250. The molecule has 0 unspecified atom stereocenters. The lowest BCUT2D eigenvalue weighted by atomic mass is 9.88. The van der Waals surface area contributed by atoms with Gasteiger partial charge in [0.2, 0.25) is 0 Å². The Morgan fingerprint density at radius 1 is 0.790 bits per heavy atom. The number of carboxylic acid groups (broad SMARTS) is 1. The smallest absolute Gasteiger partial charge is 0.373 e. The van der Waals surface area contributed by atoms with Gasteiger partial charge in [-0.2, -0.15) is 9.59 Å². The predicted molar refractivity (Wildman–Crippen MR) is 233 cm³/mol. The van der Waals surface area contributed by atoms with Gasteiger partial charge in [-0.15, -0.1) is 0 Å². The molecule has 5 aromatic carbocycles. The molecule has 2 aliphatic heterocycles. The Morgan fingerprint density at radius 2 is 1.48 bits per heavy atom. The average molecular weight is 871 g/mol. The summed E-state index contributed by atoms with van der Waals surface area (Å²) < 4.78 is 12.2. The van der Waals surface area contributed by atoms with Crippen LogP contribution in [-0.2, 0) is 9.59 Å². The predicted octanol–water partition coefficient (Wildman–Crippen LogP) is 6.68. The Morgan fingerprint density at radius 3 is 2.18 bits per heavy atom. The third-order valence-corrected chi connectivity index (χ3v) is 10.7. The lowest BCUT2D eigenvalue weighted by Gasteiger charge is -2.25. The van der Waals surface area contributed by atoms with Crippen LogP contribution in [0.2, 0.25) is 10.0 Å². The highest BCUT2D eigenvalue weighted by Gasteiger charge is 2.31. The number of hydrogen-bond acceptors (Lipinski definition) is 10. The van der Waals surface area contributed by atoms with E-state index in [0.717, 1.165) is 16.8 Å². The number of nitrogens with one attached hydrogen (secondary N) is 2. The molecule has 0 radical (unpaired) electrons. The molecular formula is C47H33Cl2N3O10. The number of halogens is 2. The minimum absolute atomic E-state index is 0.0119. The fourth-order valence-electron chi connectivity index (χ4n) is 7.22. The fraction of sp³-hybridized carbons (Fsp3) is 0.0851. The van der Waals surface area contributed by atoms with Gasteiger partial charge in [-0.05, 0) is 71.4 Å². The summed E-state index contributed by atoms with van der Waals surface area (Å²) in [5.74, 6) is -1.18. The maximum absolute atomic E-state index is 13.5. The van der Waals surface area contributed by atoms with Crippen molar-refractivity contribution in [2.45, 2.75) is 0 Å². The molecule has 0 spiro atoms. The molecule has 15 heteroatoms. The van der Waals surface area contributed by atoms with Crippen LogP contribution < -0.4 is 36.1 Å². The van der Waals surface area contributed by atoms with Gasteiger partial charge in [0.25, 0.3) is 11.8 Å². The number of aromatic hydroxyl groups is 1. The molecule has 0 saturated carbocycles. The van der Waals surface area contributed by atoms with E-state index in [1.165, 1.54) is 24.3 Å². The van der Waals surface area contributed by atoms with Gasteiger partial charge in [0.05, 0.1) is 21.2 Å². The number of benzene rings is 6. The Kier molecular flexibility index (Phi) is 12.0. The molecule has 0 aromatic heterocycles. The molecule has 3 aliphatic rings. The van der Waals surface area contributed by atoms with Crippen LogP contribution in [0.3, 0.4) is 0 Å². The molecule has 0 saturated heterocycles. The van der Waals surface area contributed by atoms with Crippen molar-refractivity contribution in [2.24, 2.45) is 0 Å². The number of carbonyl (C=O) groups excluding carboxylic acids is 4. The molecule has 62 heavy (non-hydrogen) atoms. The average Bonchev–Trinajstić information content (AvgIpc) is 3.23. The zero-order valence-electron chi connectivity index (χ0n) is 32.8. The van der Waals surface area contributed by atoms with Gasteiger partial charge in [-0.25, -0.2) is 4.79 Å².